The molecule has 1 aromatic heterocycles. The Morgan fingerprint density at radius 2 is 2.33 bits per heavy atom. The molecule has 0 spiro atoms. The van der Waals surface area contributed by atoms with Crippen LogP contribution in [-0.2, 0) is 4.79 Å². The van der Waals surface area contributed by atoms with Gasteiger partial charge in [-0.05, 0) is 31.3 Å². The van der Waals surface area contributed by atoms with Crippen molar-refractivity contribution >= 4 is 17.2 Å². The summed E-state index contributed by atoms with van der Waals surface area (Å²) in [5.74, 6) is 0.0330. The first kappa shape index (κ1) is 15.1. The Balaban J connectivity index is 2.87. The van der Waals surface area contributed by atoms with Crippen molar-refractivity contribution < 1.29 is 4.79 Å². The van der Waals surface area contributed by atoms with Crippen LogP contribution in [0, 0.1) is 0 Å². The highest BCUT2D eigenvalue weighted by molar-refractivity contribution is 7.10. The number of thiophene rings is 1. The normalized spacial score (nSPS) is 14.5. The molecule has 0 fully saturated rings. The monoisotopic (exact) mass is 269 g/mol. The van der Waals surface area contributed by atoms with Crippen LogP contribution in [0.5, 0.6) is 0 Å². The number of hydrogen-bond acceptors (Lipinski definition) is 4. The summed E-state index contributed by atoms with van der Waals surface area (Å²) in [5, 5.41) is 4.73. The van der Waals surface area contributed by atoms with E-state index in [0.29, 0.717) is 6.54 Å². The van der Waals surface area contributed by atoms with Crippen molar-refractivity contribution in [1.82, 2.24) is 10.2 Å². The first-order valence-electron chi connectivity index (χ1n) is 6.33. The van der Waals surface area contributed by atoms with Gasteiger partial charge in [-0.15, -0.1) is 11.3 Å². The summed E-state index contributed by atoms with van der Waals surface area (Å²) in [4.78, 5) is 15.0. The molecule has 0 aliphatic heterocycles. The molecular formula is C13H23N3OS. The maximum Gasteiger partial charge on any atom is 0.233 e. The van der Waals surface area contributed by atoms with E-state index in [2.05, 4.69) is 28.6 Å². The summed E-state index contributed by atoms with van der Waals surface area (Å²) in [7, 11) is 1.67. The Hall–Kier alpha value is -0.910. The minimum Gasteiger partial charge on any atom is -0.358 e. The topological polar surface area (TPSA) is 58.4 Å². The maximum atomic E-state index is 11.6. The summed E-state index contributed by atoms with van der Waals surface area (Å²) in [6.07, 6.45) is 1.01. The van der Waals surface area contributed by atoms with Crippen molar-refractivity contribution in [2.24, 2.45) is 5.73 Å². The van der Waals surface area contributed by atoms with E-state index in [4.69, 9.17) is 5.73 Å². The van der Waals surface area contributed by atoms with E-state index < -0.39 is 0 Å². The van der Waals surface area contributed by atoms with E-state index in [1.54, 1.807) is 18.4 Å². The van der Waals surface area contributed by atoms with E-state index >= 15 is 0 Å². The fourth-order valence-electron chi connectivity index (χ4n) is 2.10. The van der Waals surface area contributed by atoms with Gasteiger partial charge in [-0.3, -0.25) is 9.69 Å². The Morgan fingerprint density at radius 1 is 1.61 bits per heavy atom. The molecule has 5 heteroatoms. The summed E-state index contributed by atoms with van der Waals surface area (Å²) >= 11 is 1.69. The second kappa shape index (κ2) is 7.51. The van der Waals surface area contributed by atoms with Gasteiger partial charge in [0.1, 0.15) is 0 Å². The van der Waals surface area contributed by atoms with Crippen LogP contribution in [0.2, 0.25) is 0 Å². The summed E-state index contributed by atoms with van der Waals surface area (Å²) in [6, 6.07) is 4.23. The molecule has 4 nitrogen and oxygen atoms in total. The fourth-order valence-corrected chi connectivity index (χ4v) is 3.07. The zero-order chi connectivity index (χ0) is 13.5. The van der Waals surface area contributed by atoms with E-state index in [1.807, 2.05) is 13.0 Å². The molecule has 0 saturated carbocycles. The Labute approximate surface area is 113 Å². The lowest BCUT2D eigenvalue weighted by molar-refractivity contribution is -0.122. The molecule has 1 amide bonds. The fraction of sp³-hybridized carbons (Fsp3) is 0.615. The van der Waals surface area contributed by atoms with Gasteiger partial charge in [0.15, 0.2) is 0 Å². The third kappa shape index (κ3) is 4.08. The molecule has 0 aliphatic carbocycles. The van der Waals surface area contributed by atoms with Crippen molar-refractivity contribution in [3.05, 3.63) is 22.4 Å². The zero-order valence-corrected chi connectivity index (χ0v) is 12.2. The lowest BCUT2D eigenvalue weighted by Crippen LogP contribution is -2.44. The van der Waals surface area contributed by atoms with Crippen LogP contribution in [0.25, 0.3) is 0 Å². The Morgan fingerprint density at radius 3 is 2.78 bits per heavy atom. The smallest absolute Gasteiger partial charge is 0.233 e. The quantitative estimate of drug-likeness (QED) is 0.790. The van der Waals surface area contributed by atoms with Gasteiger partial charge in [0.05, 0.1) is 12.6 Å². The second-order valence-electron chi connectivity index (χ2n) is 4.46. The molecule has 18 heavy (non-hydrogen) atoms. The lowest BCUT2D eigenvalue weighted by Gasteiger charge is -2.32. The molecule has 0 aliphatic rings. The predicted molar refractivity (Wildman–Crippen MR) is 76.6 cm³/mol. The van der Waals surface area contributed by atoms with Crippen LogP contribution in [0.15, 0.2) is 17.5 Å². The van der Waals surface area contributed by atoms with Crippen LogP contribution >= 0.6 is 11.3 Å². The molecule has 0 aromatic carbocycles. The number of carbonyl (C=O) groups is 1. The van der Waals surface area contributed by atoms with Crippen molar-refractivity contribution in [2.75, 3.05) is 20.1 Å². The molecule has 0 saturated heterocycles. The minimum atomic E-state index is -0.000133. The molecule has 1 rings (SSSR count). The van der Waals surface area contributed by atoms with E-state index in [1.165, 1.54) is 4.88 Å². The van der Waals surface area contributed by atoms with Crippen molar-refractivity contribution in [3.8, 4) is 0 Å². The average Bonchev–Trinajstić information content (AvgIpc) is 2.82. The molecule has 0 bridgehead atoms. The largest absolute Gasteiger partial charge is 0.358 e. The molecule has 1 aromatic rings. The van der Waals surface area contributed by atoms with E-state index in [0.717, 1.165) is 13.0 Å². The Kier molecular flexibility index (Phi) is 6.32. The summed E-state index contributed by atoms with van der Waals surface area (Å²) < 4.78 is 0. The SMILES string of the molecule is CCCN(CC(=O)NC)C(c1cccs1)C(C)N. The molecule has 1 heterocycles. The number of likely N-dealkylation sites (N-methyl/N-ethyl adjacent to an activating group) is 1. The highest BCUT2D eigenvalue weighted by Crippen LogP contribution is 2.27. The predicted octanol–water partition coefficient (Wildman–Crippen LogP) is 1.59. The number of rotatable bonds is 7. The standard InChI is InChI=1S/C13H23N3OS/c1-4-7-16(9-12(17)15-3)13(10(2)14)11-6-5-8-18-11/h5-6,8,10,13H,4,7,9,14H2,1-3H3,(H,15,17). The minimum absolute atomic E-state index is 0.000133. The molecule has 0 radical (unpaired) electrons. The lowest BCUT2D eigenvalue weighted by atomic mass is 10.1. The van der Waals surface area contributed by atoms with Crippen molar-refractivity contribution in [3.63, 3.8) is 0 Å². The van der Waals surface area contributed by atoms with Gasteiger partial charge in [0, 0.05) is 18.0 Å². The highest BCUT2D eigenvalue weighted by Gasteiger charge is 2.25. The third-order valence-corrected chi connectivity index (χ3v) is 3.81. The number of nitrogens with two attached hydrogens (primary N) is 1. The van der Waals surface area contributed by atoms with Crippen LogP contribution in [0.4, 0.5) is 0 Å². The molecule has 2 atom stereocenters. The number of amides is 1. The van der Waals surface area contributed by atoms with Gasteiger partial charge >= 0.3 is 0 Å². The van der Waals surface area contributed by atoms with Gasteiger partial charge in [-0.1, -0.05) is 13.0 Å². The summed E-state index contributed by atoms with van der Waals surface area (Å²) in [6.45, 7) is 5.38. The van der Waals surface area contributed by atoms with Gasteiger partial charge in [-0.2, -0.15) is 0 Å². The molecule has 102 valence electrons. The van der Waals surface area contributed by atoms with E-state index in [-0.39, 0.29) is 18.0 Å². The van der Waals surface area contributed by atoms with Gasteiger partial charge in [0.2, 0.25) is 5.91 Å². The Bertz CT molecular complexity index is 351. The number of nitrogens with one attached hydrogen (secondary N) is 1. The van der Waals surface area contributed by atoms with Gasteiger partial charge in [-0.25, -0.2) is 0 Å². The molecular weight excluding hydrogens is 246 g/mol. The maximum absolute atomic E-state index is 11.6. The average molecular weight is 269 g/mol. The van der Waals surface area contributed by atoms with Gasteiger partial charge in [0.25, 0.3) is 0 Å². The highest BCUT2D eigenvalue weighted by atomic mass is 32.1. The molecule has 3 N–H and O–H groups in total. The first-order chi connectivity index (χ1) is 8.60. The van der Waals surface area contributed by atoms with Crippen LogP contribution in [-0.4, -0.2) is 37.0 Å². The van der Waals surface area contributed by atoms with Crippen molar-refractivity contribution in [2.45, 2.75) is 32.4 Å². The zero-order valence-electron chi connectivity index (χ0n) is 11.3. The second-order valence-corrected chi connectivity index (χ2v) is 5.44. The summed E-state index contributed by atoms with van der Waals surface area (Å²) in [5.41, 5.74) is 6.11. The van der Waals surface area contributed by atoms with Crippen LogP contribution < -0.4 is 11.1 Å². The van der Waals surface area contributed by atoms with Crippen molar-refractivity contribution in [1.29, 1.82) is 0 Å². The van der Waals surface area contributed by atoms with Crippen LogP contribution in [0.3, 0.4) is 0 Å². The first-order valence-corrected chi connectivity index (χ1v) is 7.21. The molecule has 2 unspecified atom stereocenters. The third-order valence-electron chi connectivity index (χ3n) is 2.86. The number of hydrogen-bond donors (Lipinski definition) is 2. The van der Waals surface area contributed by atoms with Gasteiger partial charge < -0.3 is 11.1 Å². The van der Waals surface area contributed by atoms with E-state index in [9.17, 15) is 4.79 Å². The number of carbonyl (C=O) groups excluding carboxylic acids is 1. The number of nitrogens with zero attached hydrogens (tertiary/aromatic N) is 1. The van der Waals surface area contributed by atoms with Crippen LogP contribution in [0.1, 0.15) is 31.2 Å².